The first-order chi connectivity index (χ1) is 10.6. The van der Waals surface area contributed by atoms with Crippen molar-refractivity contribution in [3.05, 3.63) is 27.2 Å². The van der Waals surface area contributed by atoms with E-state index in [1.165, 1.54) is 11.6 Å². The minimum Gasteiger partial charge on any atom is -0.323 e. The van der Waals surface area contributed by atoms with Crippen LogP contribution >= 0.6 is 0 Å². The van der Waals surface area contributed by atoms with E-state index in [0.717, 1.165) is 38.8 Å². The lowest BCUT2D eigenvalue weighted by Crippen LogP contribution is -2.39. The summed E-state index contributed by atoms with van der Waals surface area (Å²) in [6, 6.07) is 0.373. The normalized spacial score (nSPS) is 18.4. The topological polar surface area (TPSA) is 73.8 Å². The van der Waals surface area contributed by atoms with E-state index in [0.29, 0.717) is 23.8 Å². The molecule has 7 nitrogen and oxygen atoms in total. The zero-order chi connectivity index (χ0) is 15.7. The third-order valence-electron chi connectivity index (χ3n) is 4.41. The highest BCUT2D eigenvalue weighted by Gasteiger charge is 2.19. The molecule has 120 valence electrons. The first-order valence-electron chi connectivity index (χ1n) is 8.01. The van der Waals surface area contributed by atoms with Crippen LogP contribution in [0.3, 0.4) is 0 Å². The van der Waals surface area contributed by atoms with E-state index < -0.39 is 0 Å². The van der Waals surface area contributed by atoms with Gasteiger partial charge in [-0.1, -0.05) is 13.3 Å². The van der Waals surface area contributed by atoms with Crippen LogP contribution in [0.15, 0.2) is 15.9 Å². The van der Waals surface area contributed by atoms with Crippen molar-refractivity contribution in [3.8, 4) is 0 Å². The van der Waals surface area contributed by atoms with E-state index in [1.807, 2.05) is 4.57 Å². The molecule has 1 saturated heterocycles. The molecule has 22 heavy (non-hydrogen) atoms. The van der Waals surface area contributed by atoms with Crippen molar-refractivity contribution >= 4 is 11.2 Å². The second kappa shape index (κ2) is 6.08. The van der Waals surface area contributed by atoms with E-state index in [2.05, 4.69) is 17.2 Å². The van der Waals surface area contributed by atoms with Crippen LogP contribution in [0.2, 0.25) is 0 Å². The maximum absolute atomic E-state index is 12.5. The Hall–Kier alpha value is -1.89. The van der Waals surface area contributed by atoms with Crippen molar-refractivity contribution in [2.45, 2.75) is 51.7 Å². The summed E-state index contributed by atoms with van der Waals surface area (Å²) in [6.07, 6.45) is 5.84. The molecule has 3 rings (SSSR count). The Balaban J connectivity index is 2.10. The van der Waals surface area contributed by atoms with Crippen LogP contribution in [-0.4, -0.2) is 31.3 Å². The number of hydrogen-bond acceptors (Lipinski definition) is 4. The predicted octanol–water partition coefficient (Wildman–Crippen LogP) is 0.449. The average molecular weight is 305 g/mol. The highest BCUT2D eigenvalue weighted by Crippen LogP contribution is 2.12. The Morgan fingerprint density at radius 1 is 1.41 bits per heavy atom. The van der Waals surface area contributed by atoms with Crippen molar-refractivity contribution in [1.29, 1.82) is 0 Å². The van der Waals surface area contributed by atoms with E-state index in [4.69, 9.17) is 0 Å². The van der Waals surface area contributed by atoms with Crippen molar-refractivity contribution in [2.24, 2.45) is 7.05 Å². The Kier molecular flexibility index (Phi) is 4.15. The smallest absolute Gasteiger partial charge is 0.323 e. The SMILES string of the molecule is CCCCn1c(=O)n(C)c(=O)c2c1ncn2CC1CCCN1. The van der Waals surface area contributed by atoms with Gasteiger partial charge in [-0.3, -0.25) is 13.9 Å². The molecule has 0 aromatic carbocycles. The summed E-state index contributed by atoms with van der Waals surface area (Å²) in [4.78, 5) is 29.2. The number of fused-ring (bicyclic) bond motifs is 1. The van der Waals surface area contributed by atoms with Crippen LogP contribution < -0.4 is 16.6 Å². The fraction of sp³-hybridized carbons (Fsp3) is 0.667. The fourth-order valence-electron chi connectivity index (χ4n) is 3.11. The highest BCUT2D eigenvalue weighted by molar-refractivity contribution is 5.70. The molecule has 2 aromatic heterocycles. The summed E-state index contributed by atoms with van der Waals surface area (Å²) in [7, 11) is 1.54. The average Bonchev–Trinajstić information content (AvgIpc) is 3.16. The van der Waals surface area contributed by atoms with Crippen LogP contribution in [0.25, 0.3) is 11.2 Å². The van der Waals surface area contributed by atoms with Crippen molar-refractivity contribution in [2.75, 3.05) is 6.54 Å². The van der Waals surface area contributed by atoms with Crippen LogP contribution in [0.1, 0.15) is 32.6 Å². The summed E-state index contributed by atoms with van der Waals surface area (Å²) < 4.78 is 4.71. The quantitative estimate of drug-likeness (QED) is 0.870. The summed E-state index contributed by atoms with van der Waals surface area (Å²) >= 11 is 0. The van der Waals surface area contributed by atoms with Crippen LogP contribution in [0.5, 0.6) is 0 Å². The maximum Gasteiger partial charge on any atom is 0.332 e. The molecule has 0 saturated carbocycles. The standard InChI is InChI=1S/C15H23N5O2/c1-3-4-8-20-13-12(14(21)18(2)15(20)22)19(10-17-13)9-11-6-5-7-16-11/h10-11,16H,3-9H2,1-2H3. The number of aromatic nitrogens is 4. The summed E-state index contributed by atoms with van der Waals surface area (Å²) in [6.45, 7) is 4.42. The van der Waals surface area contributed by atoms with Gasteiger partial charge >= 0.3 is 5.69 Å². The molecular formula is C15H23N5O2. The van der Waals surface area contributed by atoms with Gasteiger partial charge in [0.2, 0.25) is 0 Å². The maximum atomic E-state index is 12.5. The van der Waals surface area contributed by atoms with Crippen LogP contribution in [-0.2, 0) is 20.1 Å². The molecule has 2 aromatic rings. The lowest BCUT2D eigenvalue weighted by Gasteiger charge is -2.13. The molecule has 3 heterocycles. The molecule has 0 aliphatic carbocycles. The minimum atomic E-state index is -0.282. The minimum absolute atomic E-state index is 0.261. The van der Waals surface area contributed by atoms with Gasteiger partial charge in [-0.15, -0.1) is 0 Å². The van der Waals surface area contributed by atoms with E-state index in [-0.39, 0.29) is 11.2 Å². The lowest BCUT2D eigenvalue weighted by atomic mass is 10.2. The Morgan fingerprint density at radius 2 is 2.23 bits per heavy atom. The van der Waals surface area contributed by atoms with Gasteiger partial charge in [0, 0.05) is 26.2 Å². The van der Waals surface area contributed by atoms with E-state index >= 15 is 0 Å². The summed E-state index contributed by atoms with van der Waals surface area (Å²) in [5.74, 6) is 0. The molecule has 1 fully saturated rings. The van der Waals surface area contributed by atoms with Gasteiger partial charge in [-0.2, -0.15) is 0 Å². The first-order valence-corrected chi connectivity index (χ1v) is 8.01. The Labute approximate surface area is 128 Å². The monoisotopic (exact) mass is 305 g/mol. The molecule has 1 unspecified atom stereocenters. The number of imidazole rings is 1. The molecule has 1 aliphatic rings. The van der Waals surface area contributed by atoms with E-state index in [1.54, 1.807) is 10.9 Å². The van der Waals surface area contributed by atoms with Gasteiger partial charge in [0.15, 0.2) is 11.2 Å². The van der Waals surface area contributed by atoms with Gasteiger partial charge in [0.05, 0.1) is 6.33 Å². The molecule has 0 radical (unpaired) electrons. The number of nitrogens with zero attached hydrogens (tertiary/aromatic N) is 4. The van der Waals surface area contributed by atoms with Gasteiger partial charge < -0.3 is 9.88 Å². The zero-order valence-corrected chi connectivity index (χ0v) is 13.2. The summed E-state index contributed by atoms with van der Waals surface area (Å²) in [5.41, 5.74) is 0.505. The number of nitrogens with one attached hydrogen (secondary N) is 1. The second-order valence-electron chi connectivity index (χ2n) is 6.01. The largest absolute Gasteiger partial charge is 0.332 e. The molecule has 0 amide bonds. The predicted molar refractivity (Wildman–Crippen MR) is 85.2 cm³/mol. The van der Waals surface area contributed by atoms with Crippen LogP contribution in [0, 0.1) is 0 Å². The first kappa shape index (κ1) is 15.0. The molecule has 7 heteroatoms. The molecule has 1 N–H and O–H groups in total. The Morgan fingerprint density at radius 3 is 2.91 bits per heavy atom. The summed E-state index contributed by atoms with van der Waals surface area (Å²) in [5, 5.41) is 3.43. The molecule has 1 aliphatic heterocycles. The van der Waals surface area contributed by atoms with Gasteiger partial charge in [-0.05, 0) is 25.8 Å². The van der Waals surface area contributed by atoms with Crippen molar-refractivity contribution < 1.29 is 0 Å². The van der Waals surface area contributed by atoms with Crippen molar-refractivity contribution in [1.82, 2.24) is 24.0 Å². The van der Waals surface area contributed by atoms with Gasteiger partial charge in [-0.25, -0.2) is 9.78 Å². The fourth-order valence-corrected chi connectivity index (χ4v) is 3.11. The highest BCUT2D eigenvalue weighted by atomic mass is 16.2. The third kappa shape index (κ3) is 2.49. The number of aryl methyl sites for hydroxylation is 1. The molecule has 1 atom stereocenters. The molecular weight excluding hydrogens is 282 g/mol. The lowest BCUT2D eigenvalue weighted by molar-refractivity contribution is 0.514. The number of hydrogen-bond donors (Lipinski definition) is 1. The molecule has 0 spiro atoms. The second-order valence-corrected chi connectivity index (χ2v) is 6.01. The van der Waals surface area contributed by atoms with Crippen LogP contribution in [0.4, 0.5) is 0 Å². The van der Waals surface area contributed by atoms with Gasteiger partial charge in [0.25, 0.3) is 5.56 Å². The van der Waals surface area contributed by atoms with Gasteiger partial charge in [0.1, 0.15) is 0 Å². The van der Waals surface area contributed by atoms with E-state index in [9.17, 15) is 9.59 Å². The molecule has 0 bridgehead atoms. The van der Waals surface area contributed by atoms with Crippen molar-refractivity contribution in [3.63, 3.8) is 0 Å². The third-order valence-corrected chi connectivity index (χ3v) is 4.41. The zero-order valence-electron chi connectivity index (χ0n) is 13.2. The number of rotatable bonds is 5. The number of unbranched alkanes of at least 4 members (excludes halogenated alkanes) is 1. The Bertz CT molecular complexity index is 780.